The Morgan fingerprint density at radius 1 is 1.10 bits per heavy atom. The Balaban J connectivity index is 1.78. The van der Waals surface area contributed by atoms with Crippen LogP contribution in [0.1, 0.15) is 37.7 Å². The molecule has 0 saturated heterocycles. The summed E-state index contributed by atoms with van der Waals surface area (Å²) < 4.78 is 3.42. The highest BCUT2D eigenvalue weighted by atomic mass is 16.1. The maximum Gasteiger partial charge on any atom is 0.328 e. The first kappa shape index (κ1) is 13.4. The molecule has 1 aliphatic rings. The van der Waals surface area contributed by atoms with Crippen molar-refractivity contribution in [2.75, 3.05) is 0 Å². The molecule has 1 fully saturated rings. The average molecular weight is 273 g/mol. The van der Waals surface area contributed by atoms with Gasteiger partial charge in [-0.25, -0.2) is 4.79 Å². The second kappa shape index (κ2) is 5.44. The lowest BCUT2D eigenvalue weighted by Gasteiger charge is -2.22. The normalized spacial score (nSPS) is 16.9. The molecule has 4 nitrogen and oxygen atoms in total. The predicted molar refractivity (Wildman–Crippen MR) is 81.9 cm³/mol. The van der Waals surface area contributed by atoms with Gasteiger partial charge >= 0.3 is 5.69 Å². The molecule has 0 unspecified atom stereocenters. The molecule has 0 spiro atoms. The molecule has 2 aromatic rings. The number of nitrogens with one attached hydrogen (secondary N) is 1. The van der Waals surface area contributed by atoms with Crippen molar-refractivity contribution in [1.29, 1.82) is 0 Å². The van der Waals surface area contributed by atoms with Gasteiger partial charge in [-0.3, -0.25) is 9.13 Å². The molecule has 1 aliphatic carbocycles. The second-order valence-electron chi connectivity index (χ2n) is 5.94. The summed E-state index contributed by atoms with van der Waals surface area (Å²) in [5.74, 6) is 0. The van der Waals surface area contributed by atoms with Crippen molar-refractivity contribution < 1.29 is 0 Å². The third-order valence-electron chi connectivity index (χ3n) is 4.54. The zero-order valence-corrected chi connectivity index (χ0v) is 12.4. The lowest BCUT2D eigenvalue weighted by molar-refractivity contribution is 0.372. The van der Waals surface area contributed by atoms with E-state index in [-0.39, 0.29) is 5.69 Å². The summed E-state index contributed by atoms with van der Waals surface area (Å²) in [6.45, 7) is 0.893. The van der Waals surface area contributed by atoms with Crippen molar-refractivity contribution in [3.63, 3.8) is 0 Å². The van der Waals surface area contributed by atoms with E-state index in [1.807, 2.05) is 14.1 Å². The SMILES string of the molecule is Cn1c(=O)n(C)c2cc(CNC3CCCCC3)ccc21. The van der Waals surface area contributed by atoms with Gasteiger partial charge in [0.25, 0.3) is 0 Å². The fraction of sp³-hybridized carbons (Fsp3) is 0.562. The first-order valence-corrected chi connectivity index (χ1v) is 7.54. The highest BCUT2D eigenvalue weighted by Gasteiger charge is 2.13. The van der Waals surface area contributed by atoms with Gasteiger partial charge < -0.3 is 5.32 Å². The lowest BCUT2D eigenvalue weighted by Crippen LogP contribution is -2.30. The van der Waals surface area contributed by atoms with Crippen LogP contribution in [0.5, 0.6) is 0 Å². The maximum atomic E-state index is 11.9. The van der Waals surface area contributed by atoms with Gasteiger partial charge in [0, 0.05) is 26.7 Å². The molecule has 1 heterocycles. The molecule has 1 saturated carbocycles. The first-order chi connectivity index (χ1) is 9.66. The van der Waals surface area contributed by atoms with Crippen molar-refractivity contribution in [2.45, 2.75) is 44.7 Å². The molecular weight excluding hydrogens is 250 g/mol. The Bertz CT molecular complexity index is 662. The molecule has 3 rings (SSSR count). The van der Waals surface area contributed by atoms with E-state index < -0.39 is 0 Å². The van der Waals surface area contributed by atoms with E-state index in [9.17, 15) is 4.79 Å². The number of aromatic nitrogens is 2. The summed E-state index contributed by atoms with van der Waals surface area (Å²) in [4.78, 5) is 11.9. The van der Waals surface area contributed by atoms with Crippen LogP contribution in [-0.2, 0) is 20.6 Å². The molecule has 1 aromatic carbocycles. The summed E-state index contributed by atoms with van der Waals surface area (Å²) in [6.07, 6.45) is 6.68. The van der Waals surface area contributed by atoms with Crippen LogP contribution in [0.2, 0.25) is 0 Å². The van der Waals surface area contributed by atoms with Crippen molar-refractivity contribution in [2.24, 2.45) is 14.1 Å². The first-order valence-electron chi connectivity index (χ1n) is 7.54. The lowest BCUT2D eigenvalue weighted by atomic mass is 9.95. The smallest absolute Gasteiger partial charge is 0.310 e. The second-order valence-corrected chi connectivity index (χ2v) is 5.94. The quantitative estimate of drug-likeness (QED) is 0.932. The van der Waals surface area contributed by atoms with Crippen LogP contribution < -0.4 is 11.0 Å². The van der Waals surface area contributed by atoms with Gasteiger partial charge in [-0.1, -0.05) is 25.3 Å². The minimum absolute atomic E-state index is 0.0392. The summed E-state index contributed by atoms with van der Waals surface area (Å²) in [5, 5.41) is 3.65. The molecule has 108 valence electrons. The highest BCUT2D eigenvalue weighted by molar-refractivity contribution is 5.76. The van der Waals surface area contributed by atoms with Crippen LogP contribution in [-0.4, -0.2) is 15.2 Å². The largest absolute Gasteiger partial charge is 0.328 e. The average Bonchev–Trinajstić information content (AvgIpc) is 2.71. The van der Waals surface area contributed by atoms with E-state index in [0.29, 0.717) is 6.04 Å². The Labute approximate surface area is 119 Å². The zero-order chi connectivity index (χ0) is 14.1. The molecule has 0 atom stereocenters. The number of benzene rings is 1. The molecule has 0 amide bonds. The zero-order valence-electron chi connectivity index (χ0n) is 12.4. The maximum absolute atomic E-state index is 11.9. The van der Waals surface area contributed by atoms with Crippen LogP contribution >= 0.6 is 0 Å². The summed E-state index contributed by atoms with van der Waals surface area (Å²) >= 11 is 0. The standard InChI is InChI=1S/C16H23N3O/c1-18-14-9-8-12(10-15(14)19(2)16(18)20)11-17-13-6-4-3-5-7-13/h8-10,13,17H,3-7,11H2,1-2H3. The van der Waals surface area contributed by atoms with E-state index in [4.69, 9.17) is 0 Å². The van der Waals surface area contributed by atoms with Gasteiger partial charge in [-0.2, -0.15) is 0 Å². The Kier molecular flexibility index (Phi) is 3.66. The molecule has 0 aliphatic heterocycles. The van der Waals surface area contributed by atoms with Gasteiger partial charge in [0.1, 0.15) is 0 Å². The van der Waals surface area contributed by atoms with Crippen LogP contribution in [0, 0.1) is 0 Å². The van der Waals surface area contributed by atoms with E-state index in [1.165, 1.54) is 37.7 Å². The van der Waals surface area contributed by atoms with E-state index in [0.717, 1.165) is 17.6 Å². The minimum atomic E-state index is 0.0392. The Hall–Kier alpha value is -1.55. The van der Waals surface area contributed by atoms with E-state index in [1.54, 1.807) is 9.13 Å². The highest BCUT2D eigenvalue weighted by Crippen LogP contribution is 2.19. The van der Waals surface area contributed by atoms with Crippen molar-refractivity contribution in [3.8, 4) is 0 Å². The summed E-state index contributed by atoms with van der Waals surface area (Å²) in [6, 6.07) is 6.97. The molecule has 4 heteroatoms. The van der Waals surface area contributed by atoms with Gasteiger partial charge in [0.15, 0.2) is 0 Å². The number of hydrogen-bond acceptors (Lipinski definition) is 2. The number of rotatable bonds is 3. The number of hydrogen-bond donors (Lipinski definition) is 1. The van der Waals surface area contributed by atoms with Crippen molar-refractivity contribution in [1.82, 2.24) is 14.5 Å². The van der Waals surface area contributed by atoms with Crippen LogP contribution in [0.15, 0.2) is 23.0 Å². The Morgan fingerprint density at radius 2 is 1.80 bits per heavy atom. The molecular formula is C16H23N3O. The van der Waals surface area contributed by atoms with E-state index in [2.05, 4.69) is 23.5 Å². The molecule has 1 aromatic heterocycles. The summed E-state index contributed by atoms with van der Waals surface area (Å²) in [7, 11) is 3.66. The third kappa shape index (κ3) is 2.40. The fourth-order valence-electron chi connectivity index (χ4n) is 3.23. The van der Waals surface area contributed by atoms with Gasteiger partial charge in [0.2, 0.25) is 0 Å². The summed E-state index contributed by atoms with van der Waals surface area (Å²) in [5.41, 5.74) is 3.31. The predicted octanol–water partition coefficient (Wildman–Crippen LogP) is 2.30. The number of imidazole rings is 1. The minimum Gasteiger partial charge on any atom is -0.310 e. The van der Waals surface area contributed by atoms with Crippen LogP contribution in [0.3, 0.4) is 0 Å². The van der Waals surface area contributed by atoms with Crippen LogP contribution in [0.25, 0.3) is 11.0 Å². The van der Waals surface area contributed by atoms with Gasteiger partial charge in [-0.15, -0.1) is 0 Å². The fourth-order valence-corrected chi connectivity index (χ4v) is 3.23. The van der Waals surface area contributed by atoms with Gasteiger partial charge in [0.05, 0.1) is 11.0 Å². The number of fused-ring (bicyclic) bond motifs is 1. The molecule has 20 heavy (non-hydrogen) atoms. The van der Waals surface area contributed by atoms with Crippen molar-refractivity contribution >= 4 is 11.0 Å². The third-order valence-corrected chi connectivity index (χ3v) is 4.54. The van der Waals surface area contributed by atoms with Crippen molar-refractivity contribution in [3.05, 3.63) is 34.2 Å². The molecule has 0 bridgehead atoms. The van der Waals surface area contributed by atoms with E-state index >= 15 is 0 Å². The topological polar surface area (TPSA) is 39.0 Å². The Morgan fingerprint density at radius 3 is 2.55 bits per heavy atom. The molecule has 0 radical (unpaired) electrons. The van der Waals surface area contributed by atoms with Gasteiger partial charge in [-0.05, 0) is 30.5 Å². The monoisotopic (exact) mass is 273 g/mol. The number of nitrogens with zero attached hydrogens (tertiary/aromatic N) is 2. The van der Waals surface area contributed by atoms with Crippen LogP contribution in [0.4, 0.5) is 0 Å². The number of aryl methyl sites for hydroxylation is 2. The molecule has 1 N–H and O–H groups in total.